The molecule has 78 valence electrons. The second-order valence-electron chi connectivity index (χ2n) is 3.27. The van der Waals surface area contributed by atoms with E-state index in [4.69, 9.17) is 5.73 Å². The second kappa shape index (κ2) is 4.59. The minimum atomic E-state index is 0.636. The van der Waals surface area contributed by atoms with Gasteiger partial charge in [-0.3, -0.25) is 0 Å². The first kappa shape index (κ1) is 10.4. The Labute approximate surface area is 97.0 Å². The van der Waals surface area contributed by atoms with Crippen molar-refractivity contribution in [3.63, 3.8) is 0 Å². The van der Waals surface area contributed by atoms with Gasteiger partial charge < -0.3 is 5.73 Å². The van der Waals surface area contributed by atoms with Crippen molar-refractivity contribution in [3.05, 3.63) is 46.7 Å². The van der Waals surface area contributed by atoms with Gasteiger partial charge in [-0.15, -0.1) is 0 Å². The van der Waals surface area contributed by atoms with E-state index in [0.717, 1.165) is 22.3 Å². The molecule has 3 nitrogen and oxygen atoms in total. The Morgan fingerprint density at radius 2 is 1.93 bits per heavy atom. The molecular weight excluding hydrogens is 254 g/mol. The Hall–Kier alpha value is -1.13. The van der Waals surface area contributed by atoms with Crippen LogP contribution < -0.4 is 5.73 Å². The Morgan fingerprint density at radius 3 is 2.60 bits per heavy atom. The highest BCUT2D eigenvalue weighted by atomic mass is 79.9. The van der Waals surface area contributed by atoms with Crippen molar-refractivity contribution < 1.29 is 0 Å². The topological polar surface area (TPSA) is 43.8 Å². The first-order chi connectivity index (χ1) is 7.29. The Morgan fingerprint density at radius 1 is 1.20 bits per heavy atom. The SMILES string of the molecule is NCCc1ccn(-c2ccc(Br)cc2)n1. The van der Waals surface area contributed by atoms with Gasteiger partial charge in [-0.1, -0.05) is 15.9 Å². The van der Waals surface area contributed by atoms with E-state index in [0.29, 0.717) is 6.54 Å². The van der Waals surface area contributed by atoms with E-state index in [9.17, 15) is 0 Å². The Balaban J connectivity index is 2.25. The summed E-state index contributed by atoms with van der Waals surface area (Å²) in [5.41, 5.74) is 7.56. The third-order valence-electron chi connectivity index (χ3n) is 2.14. The van der Waals surface area contributed by atoms with Gasteiger partial charge in [0.1, 0.15) is 0 Å². The van der Waals surface area contributed by atoms with Crippen molar-refractivity contribution in [2.45, 2.75) is 6.42 Å². The number of hydrogen-bond donors (Lipinski definition) is 1. The molecule has 0 radical (unpaired) electrons. The highest BCUT2D eigenvalue weighted by Crippen LogP contribution is 2.13. The first-order valence-corrected chi connectivity index (χ1v) is 5.59. The van der Waals surface area contributed by atoms with E-state index in [1.807, 2.05) is 41.2 Å². The summed E-state index contributed by atoms with van der Waals surface area (Å²) in [6.45, 7) is 0.636. The molecule has 1 heterocycles. The molecule has 0 aliphatic carbocycles. The van der Waals surface area contributed by atoms with Gasteiger partial charge in [0.05, 0.1) is 11.4 Å². The number of benzene rings is 1. The van der Waals surface area contributed by atoms with Gasteiger partial charge in [0.2, 0.25) is 0 Å². The normalized spacial score (nSPS) is 10.5. The monoisotopic (exact) mass is 265 g/mol. The molecule has 0 bridgehead atoms. The van der Waals surface area contributed by atoms with E-state index >= 15 is 0 Å². The highest BCUT2D eigenvalue weighted by molar-refractivity contribution is 9.10. The molecule has 0 amide bonds. The van der Waals surface area contributed by atoms with Crippen LogP contribution in [0.1, 0.15) is 5.69 Å². The molecule has 15 heavy (non-hydrogen) atoms. The summed E-state index contributed by atoms with van der Waals surface area (Å²) in [4.78, 5) is 0. The summed E-state index contributed by atoms with van der Waals surface area (Å²) >= 11 is 3.40. The van der Waals surface area contributed by atoms with E-state index in [-0.39, 0.29) is 0 Å². The van der Waals surface area contributed by atoms with Gasteiger partial charge in [-0.2, -0.15) is 5.10 Å². The van der Waals surface area contributed by atoms with Crippen LogP contribution in [0.25, 0.3) is 5.69 Å². The summed E-state index contributed by atoms with van der Waals surface area (Å²) in [5.74, 6) is 0. The minimum Gasteiger partial charge on any atom is -0.330 e. The molecule has 0 fully saturated rings. The van der Waals surface area contributed by atoms with Crippen molar-refractivity contribution in [2.75, 3.05) is 6.54 Å². The fraction of sp³-hybridized carbons (Fsp3) is 0.182. The van der Waals surface area contributed by atoms with E-state index in [1.165, 1.54) is 0 Å². The molecule has 2 rings (SSSR count). The molecule has 1 aromatic carbocycles. The van der Waals surface area contributed by atoms with Gasteiger partial charge in [-0.05, 0) is 36.9 Å². The summed E-state index contributed by atoms with van der Waals surface area (Å²) in [7, 11) is 0. The molecule has 2 N–H and O–H groups in total. The fourth-order valence-electron chi connectivity index (χ4n) is 1.38. The van der Waals surface area contributed by atoms with Crippen molar-refractivity contribution in [2.24, 2.45) is 5.73 Å². The molecule has 0 saturated heterocycles. The van der Waals surface area contributed by atoms with E-state index < -0.39 is 0 Å². The molecule has 0 aliphatic rings. The summed E-state index contributed by atoms with van der Waals surface area (Å²) in [5, 5.41) is 4.42. The van der Waals surface area contributed by atoms with Crippen LogP contribution in [0, 0.1) is 0 Å². The van der Waals surface area contributed by atoms with Crippen LogP contribution in [0.2, 0.25) is 0 Å². The number of nitrogens with two attached hydrogens (primary N) is 1. The number of nitrogens with zero attached hydrogens (tertiary/aromatic N) is 2. The van der Waals surface area contributed by atoms with Crippen molar-refractivity contribution in [3.8, 4) is 5.69 Å². The van der Waals surface area contributed by atoms with Crippen LogP contribution in [0.3, 0.4) is 0 Å². The van der Waals surface area contributed by atoms with Crippen molar-refractivity contribution >= 4 is 15.9 Å². The zero-order valence-electron chi connectivity index (χ0n) is 8.23. The van der Waals surface area contributed by atoms with Crippen molar-refractivity contribution in [1.82, 2.24) is 9.78 Å². The lowest BCUT2D eigenvalue weighted by Gasteiger charge is -2.00. The number of aromatic nitrogens is 2. The molecule has 0 unspecified atom stereocenters. The maximum atomic E-state index is 5.47. The molecule has 0 aliphatic heterocycles. The molecule has 0 saturated carbocycles. The lowest BCUT2D eigenvalue weighted by molar-refractivity contribution is 0.821. The van der Waals surface area contributed by atoms with Crippen molar-refractivity contribution in [1.29, 1.82) is 0 Å². The quantitative estimate of drug-likeness (QED) is 0.924. The highest BCUT2D eigenvalue weighted by Gasteiger charge is 1.99. The zero-order valence-corrected chi connectivity index (χ0v) is 9.81. The summed E-state index contributed by atoms with van der Waals surface area (Å²) in [6.07, 6.45) is 2.78. The fourth-order valence-corrected chi connectivity index (χ4v) is 1.64. The lowest BCUT2D eigenvalue weighted by atomic mass is 10.3. The van der Waals surface area contributed by atoms with Crippen LogP contribution in [0.4, 0.5) is 0 Å². The third-order valence-corrected chi connectivity index (χ3v) is 2.66. The van der Waals surface area contributed by atoms with Crippen LogP contribution in [0.5, 0.6) is 0 Å². The van der Waals surface area contributed by atoms with Crippen LogP contribution in [-0.4, -0.2) is 16.3 Å². The minimum absolute atomic E-state index is 0.636. The standard InChI is InChI=1S/C11H12BrN3/c12-9-1-3-11(4-2-9)15-8-6-10(14-15)5-7-13/h1-4,6,8H,5,7,13H2. The average molecular weight is 266 g/mol. The van der Waals surface area contributed by atoms with Crippen LogP contribution in [-0.2, 0) is 6.42 Å². The second-order valence-corrected chi connectivity index (χ2v) is 4.18. The van der Waals surface area contributed by atoms with Gasteiger partial charge in [0.15, 0.2) is 0 Å². The number of halogens is 1. The van der Waals surface area contributed by atoms with Crippen LogP contribution >= 0.6 is 15.9 Å². The van der Waals surface area contributed by atoms with Crippen LogP contribution in [0.15, 0.2) is 41.0 Å². The average Bonchev–Trinajstić information content (AvgIpc) is 2.68. The maximum Gasteiger partial charge on any atom is 0.0646 e. The number of rotatable bonds is 3. The van der Waals surface area contributed by atoms with E-state index in [2.05, 4.69) is 21.0 Å². The maximum absolute atomic E-state index is 5.47. The van der Waals surface area contributed by atoms with Gasteiger partial charge in [0, 0.05) is 17.1 Å². The third kappa shape index (κ3) is 2.46. The zero-order chi connectivity index (χ0) is 10.7. The molecule has 4 heteroatoms. The largest absolute Gasteiger partial charge is 0.330 e. The molecule has 0 atom stereocenters. The first-order valence-electron chi connectivity index (χ1n) is 4.80. The predicted octanol–water partition coefficient (Wildman–Crippen LogP) is 2.14. The predicted molar refractivity (Wildman–Crippen MR) is 64.0 cm³/mol. The van der Waals surface area contributed by atoms with Gasteiger partial charge in [0.25, 0.3) is 0 Å². The summed E-state index contributed by atoms with van der Waals surface area (Å²) in [6, 6.07) is 10.0. The Kier molecular flexibility index (Phi) is 3.18. The molecular formula is C11H12BrN3. The number of hydrogen-bond acceptors (Lipinski definition) is 2. The smallest absolute Gasteiger partial charge is 0.0646 e. The molecule has 2 aromatic rings. The van der Waals surface area contributed by atoms with Gasteiger partial charge >= 0.3 is 0 Å². The van der Waals surface area contributed by atoms with Gasteiger partial charge in [-0.25, -0.2) is 4.68 Å². The van der Waals surface area contributed by atoms with E-state index in [1.54, 1.807) is 0 Å². The lowest BCUT2D eigenvalue weighted by Crippen LogP contribution is -2.04. The molecule has 0 spiro atoms. The summed E-state index contributed by atoms with van der Waals surface area (Å²) < 4.78 is 2.93. The Bertz CT molecular complexity index is 433. The molecule has 1 aromatic heterocycles.